The number of hydrogen-bond acceptors (Lipinski definition) is 5. The number of halogens is 1. The van der Waals surface area contributed by atoms with Gasteiger partial charge in [0.1, 0.15) is 11.3 Å². The Bertz CT molecular complexity index is 1070. The molecular formula is C18H19FN4O2S. The van der Waals surface area contributed by atoms with Crippen molar-refractivity contribution < 1.29 is 12.8 Å². The lowest BCUT2D eigenvalue weighted by Crippen LogP contribution is -2.43. The Hall–Kier alpha value is -2.45. The highest BCUT2D eigenvalue weighted by atomic mass is 32.2. The molecule has 136 valence electrons. The van der Waals surface area contributed by atoms with Gasteiger partial charge in [0, 0.05) is 38.6 Å². The zero-order chi connectivity index (χ0) is 18.3. The van der Waals surface area contributed by atoms with Gasteiger partial charge in [-0.25, -0.2) is 16.8 Å². The summed E-state index contributed by atoms with van der Waals surface area (Å²) in [5, 5.41) is 3.28. The molecule has 0 amide bonds. The van der Waals surface area contributed by atoms with Gasteiger partial charge in [-0.15, -0.1) is 0 Å². The molecule has 6 nitrogen and oxygen atoms in total. The van der Waals surface area contributed by atoms with Crippen LogP contribution in [0.25, 0.3) is 11.0 Å². The lowest BCUT2D eigenvalue weighted by molar-refractivity contribution is 0.585. The average Bonchev–Trinajstić information content (AvgIpc) is 3.05. The molecule has 0 unspecified atom stereocenters. The van der Waals surface area contributed by atoms with Crippen LogP contribution >= 0.6 is 0 Å². The van der Waals surface area contributed by atoms with E-state index in [4.69, 9.17) is 0 Å². The molecule has 3 heterocycles. The number of aromatic nitrogens is 2. The Kier molecular flexibility index (Phi) is 4.16. The number of aryl methyl sites for hydroxylation is 1. The van der Waals surface area contributed by atoms with Gasteiger partial charge < -0.3 is 10.2 Å². The Morgan fingerprint density at radius 1 is 1.19 bits per heavy atom. The molecule has 1 aromatic carbocycles. The Morgan fingerprint density at radius 2 is 1.96 bits per heavy atom. The van der Waals surface area contributed by atoms with Gasteiger partial charge >= 0.3 is 0 Å². The summed E-state index contributed by atoms with van der Waals surface area (Å²) < 4.78 is 41.2. The van der Waals surface area contributed by atoms with Crippen LogP contribution in [0, 0.1) is 12.7 Å². The number of nitrogens with one attached hydrogen (secondary N) is 1. The quantitative estimate of drug-likeness (QED) is 0.761. The van der Waals surface area contributed by atoms with Crippen LogP contribution in [-0.2, 0) is 10.0 Å². The average molecular weight is 374 g/mol. The standard InChI is InChI=1S/C18H19FN4O2S/c1-13-11-14(4-5-15(13)19)26(24,25)23-12-17(22-9-7-20-8-10-22)18-16(23)3-2-6-21-18/h2-6,11-12,20H,7-10H2,1H3. The van der Waals surface area contributed by atoms with E-state index in [-0.39, 0.29) is 4.90 Å². The molecule has 0 aliphatic carbocycles. The Balaban J connectivity index is 1.89. The Morgan fingerprint density at radius 3 is 2.69 bits per heavy atom. The van der Waals surface area contributed by atoms with Crippen molar-refractivity contribution in [3.05, 3.63) is 54.1 Å². The van der Waals surface area contributed by atoms with Crippen molar-refractivity contribution in [1.82, 2.24) is 14.3 Å². The van der Waals surface area contributed by atoms with E-state index in [0.717, 1.165) is 31.9 Å². The van der Waals surface area contributed by atoms with Crippen molar-refractivity contribution in [1.29, 1.82) is 0 Å². The predicted molar refractivity (Wildman–Crippen MR) is 98.5 cm³/mol. The third-order valence-corrected chi connectivity index (χ3v) is 6.32. The number of fused-ring (bicyclic) bond motifs is 1. The second-order valence-corrected chi connectivity index (χ2v) is 8.15. The molecule has 0 atom stereocenters. The molecule has 0 saturated carbocycles. The first kappa shape index (κ1) is 17.0. The van der Waals surface area contributed by atoms with Gasteiger partial charge in [-0.1, -0.05) is 0 Å². The van der Waals surface area contributed by atoms with E-state index >= 15 is 0 Å². The fraction of sp³-hybridized carbons (Fsp3) is 0.278. The summed E-state index contributed by atoms with van der Waals surface area (Å²) in [5.74, 6) is -0.426. The van der Waals surface area contributed by atoms with E-state index < -0.39 is 15.8 Å². The summed E-state index contributed by atoms with van der Waals surface area (Å²) in [5.41, 5.74) is 2.26. The first-order valence-corrected chi connectivity index (χ1v) is 9.86. The molecule has 1 fully saturated rings. The second-order valence-electron chi connectivity index (χ2n) is 6.33. The summed E-state index contributed by atoms with van der Waals surface area (Å²) in [4.78, 5) is 6.60. The summed E-state index contributed by atoms with van der Waals surface area (Å²) in [7, 11) is -3.85. The third-order valence-electron chi connectivity index (χ3n) is 4.65. The normalized spacial score (nSPS) is 15.5. The highest BCUT2D eigenvalue weighted by molar-refractivity contribution is 7.90. The number of nitrogens with zero attached hydrogens (tertiary/aromatic N) is 3. The minimum atomic E-state index is -3.85. The van der Waals surface area contributed by atoms with Crippen LogP contribution in [0.1, 0.15) is 5.56 Å². The zero-order valence-corrected chi connectivity index (χ0v) is 15.1. The topological polar surface area (TPSA) is 67.2 Å². The molecule has 26 heavy (non-hydrogen) atoms. The molecule has 1 aliphatic heterocycles. The largest absolute Gasteiger partial charge is 0.366 e. The lowest BCUT2D eigenvalue weighted by atomic mass is 10.2. The van der Waals surface area contributed by atoms with Gasteiger partial charge in [-0.05, 0) is 42.8 Å². The summed E-state index contributed by atoms with van der Waals surface area (Å²) >= 11 is 0. The zero-order valence-electron chi connectivity index (χ0n) is 14.3. The predicted octanol–water partition coefficient (Wildman–Crippen LogP) is 2.13. The van der Waals surface area contributed by atoms with Crippen LogP contribution in [0.3, 0.4) is 0 Å². The van der Waals surface area contributed by atoms with Crippen molar-refractivity contribution in [2.45, 2.75) is 11.8 Å². The molecule has 0 bridgehead atoms. The van der Waals surface area contributed by atoms with Crippen molar-refractivity contribution in [3.8, 4) is 0 Å². The number of piperazine rings is 1. The van der Waals surface area contributed by atoms with Crippen molar-refractivity contribution >= 4 is 26.7 Å². The summed E-state index contributed by atoms with van der Waals surface area (Å²) in [6.07, 6.45) is 3.28. The SMILES string of the molecule is Cc1cc(S(=O)(=O)n2cc(N3CCNCC3)c3ncccc32)ccc1F. The smallest absolute Gasteiger partial charge is 0.268 e. The van der Waals surface area contributed by atoms with Gasteiger partial charge in [0.15, 0.2) is 0 Å². The molecule has 0 spiro atoms. The van der Waals surface area contributed by atoms with Crippen molar-refractivity contribution in [2.24, 2.45) is 0 Å². The first-order chi connectivity index (χ1) is 12.5. The van der Waals surface area contributed by atoms with E-state index in [0.29, 0.717) is 16.6 Å². The minimum absolute atomic E-state index is 0.0593. The fourth-order valence-electron chi connectivity index (χ4n) is 3.24. The monoisotopic (exact) mass is 374 g/mol. The third kappa shape index (κ3) is 2.75. The molecule has 1 N–H and O–H groups in total. The number of pyridine rings is 1. The highest BCUT2D eigenvalue weighted by Gasteiger charge is 2.25. The van der Waals surface area contributed by atoms with Crippen molar-refractivity contribution in [3.63, 3.8) is 0 Å². The van der Waals surface area contributed by atoms with Crippen LogP contribution in [-0.4, -0.2) is 43.6 Å². The van der Waals surface area contributed by atoms with Crippen LogP contribution < -0.4 is 10.2 Å². The number of anilines is 1. The second kappa shape index (κ2) is 6.37. The molecule has 1 saturated heterocycles. The lowest BCUT2D eigenvalue weighted by Gasteiger charge is -2.28. The van der Waals surface area contributed by atoms with E-state index in [9.17, 15) is 12.8 Å². The maximum absolute atomic E-state index is 13.6. The minimum Gasteiger partial charge on any atom is -0.366 e. The molecule has 0 radical (unpaired) electrons. The first-order valence-electron chi connectivity index (χ1n) is 8.42. The number of hydrogen-bond donors (Lipinski definition) is 1. The molecule has 4 rings (SSSR count). The summed E-state index contributed by atoms with van der Waals surface area (Å²) in [6, 6.07) is 7.29. The molecule has 2 aromatic heterocycles. The van der Waals surface area contributed by atoms with Gasteiger partial charge in [-0.2, -0.15) is 0 Å². The van der Waals surface area contributed by atoms with Gasteiger partial charge in [0.05, 0.1) is 16.1 Å². The highest BCUT2D eigenvalue weighted by Crippen LogP contribution is 2.31. The number of benzene rings is 1. The van der Waals surface area contributed by atoms with E-state index in [1.54, 1.807) is 31.5 Å². The Labute approximate surface area is 151 Å². The van der Waals surface area contributed by atoms with Crippen LogP contribution in [0.2, 0.25) is 0 Å². The van der Waals surface area contributed by atoms with Gasteiger partial charge in [0.2, 0.25) is 0 Å². The molecular weight excluding hydrogens is 355 g/mol. The van der Waals surface area contributed by atoms with Crippen LogP contribution in [0.5, 0.6) is 0 Å². The van der Waals surface area contributed by atoms with Crippen LogP contribution in [0.4, 0.5) is 10.1 Å². The van der Waals surface area contributed by atoms with Crippen LogP contribution in [0.15, 0.2) is 47.6 Å². The van der Waals surface area contributed by atoms with E-state index in [1.807, 2.05) is 0 Å². The van der Waals surface area contributed by atoms with Gasteiger partial charge in [0.25, 0.3) is 10.0 Å². The molecule has 1 aliphatic rings. The molecule has 8 heteroatoms. The number of rotatable bonds is 3. The summed E-state index contributed by atoms with van der Waals surface area (Å²) in [6.45, 7) is 4.79. The van der Waals surface area contributed by atoms with E-state index in [1.165, 1.54) is 22.2 Å². The maximum atomic E-state index is 13.6. The van der Waals surface area contributed by atoms with E-state index in [2.05, 4.69) is 15.2 Å². The van der Waals surface area contributed by atoms with Gasteiger partial charge in [-0.3, -0.25) is 4.98 Å². The van der Waals surface area contributed by atoms with Crippen molar-refractivity contribution in [2.75, 3.05) is 31.1 Å². The fourth-order valence-corrected chi connectivity index (χ4v) is 4.68. The molecule has 3 aromatic rings. The maximum Gasteiger partial charge on any atom is 0.268 e.